The Labute approximate surface area is 135 Å². The molecule has 1 amide bonds. The second-order valence-corrected chi connectivity index (χ2v) is 6.21. The van der Waals surface area contributed by atoms with E-state index in [-0.39, 0.29) is 23.1 Å². The van der Waals surface area contributed by atoms with Crippen LogP contribution in [-0.4, -0.2) is 26.8 Å². The van der Waals surface area contributed by atoms with Crippen LogP contribution < -0.4 is 10.9 Å². The van der Waals surface area contributed by atoms with Gasteiger partial charge in [0.1, 0.15) is 5.56 Å². The summed E-state index contributed by atoms with van der Waals surface area (Å²) in [4.78, 5) is 24.8. The Morgan fingerprint density at radius 3 is 2.83 bits per heavy atom. The van der Waals surface area contributed by atoms with Gasteiger partial charge < -0.3 is 9.88 Å². The van der Waals surface area contributed by atoms with Crippen LogP contribution in [0.2, 0.25) is 0 Å². The number of carbonyl (C=O) groups is 1. The molecule has 1 fully saturated rings. The van der Waals surface area contributed by atoms with Gasteiger partial charge in [-0.1, -0.05) is 0 Å². The van der Waals surface area contributed by atoms with Gasteiger partial charge in [0.2, 0.25) is 0 Å². The molecule has 1 N–H and O–H groups in total. The van der Waals surface area contributed by atoms with Gasteiger partial charge in [-0.2, -0.15) is 5.10 Å². The van der Waals surface area contributed by atoms with Crippen LogP contribution in [0.5, 0.6) is 0 Å². The molecule has 0 saturated heterocycles. The Morgan fingerprint density at radius 2 is 2.17 bits per heavy atom. The fourth-order valence-corrected chi connectivity index (χ4v) is 2.68. The number of hydrogen-bond acceptors (Lipinski definition) is 3. The topological polar surface area (TPSA) is 68.9 Å². The number of rotatable bonds is 6. The zero-order valence-corrected chi connectivity index (χ0v) is 13.6. The summed E-state index contributed by atoms with van der Waals surface area (Å²) in [5.74, 6) is -0.279. The molecule has 3 rings (SSSR count). The summed E-state index contributed by atoms with van der Waals surface area (Å²) in [6.45, 7) is 5.07. The van der Waals surface area contributed by atoms with E-state index in [0.717, 1.165) is 36.9 Å². The lowest BCUT2D eigenvalue weighted by Gasteiger charge is -2.10. The summed E-state index contributed by atoms with van der Waals surface area (Å²) in [6.07, 6.45) is 8.39. The molecule has 0 bridgehead atoms. The maximum absolute atomic E-state index is 12.5. The number of aryl methyl sites for hydroxylation is 3. The molecule has 122 valence electrons. The zero-order chi connectivity index (χ0) is 16.4. The van der Waals surface area contributed by atoms with Gasteiger partial charge in [-0.05, 0) is 50.3 Å². The molecular formula is C17H22N4O2. The van der Waals surface area contributed by atoms with E-state index in [1.54, 1.807) is 17.7 Å². The molecule has 0 radical (unpaired) electrons. The van der Waals surface area contributed by atoms with E-state index in [4.69, 9.17) is 0 Å². The van der Waals surface area contributed by atoms with E-state index in [1.165, 1.54) is 0 Å². The first-order chi connectivity index (χ1) is 11.1. The van der Waals surface area contributed by atoms with Gasteiger partial charge in [0.25, 0.3) is 11.5 Å². The molecule has 6 heteroatoms. The zero-order valence-electron chi connectivity index (χ0n) is 13.6. The second kappa shape index (κ2) is 6.40. The van der Waals surface area contributed by atoms with E-state index >= 15 is 0 Å². The van der Waals surface area contributed by atoms with Gasteiger partial charge in [-0.3, -0.25) is 14.3 Å². The van der Waals surface area contributed by atoms with Crippen molar-refractivity contribution in [2.24, 2.45) is 0 Å². The minimum Gasteiger partial charge on any atom is -0.352 e. The van der Waals surface area contributed by atoms with Crippen molar-refractivity contribution in [1.82, 2.24) is 19.7 Å². The highest BCUT2D eigenvalue weighted by Crippen LogP contribution is 2.33. The second-order valence-electron chi connectivity index (χ2n) is 6.21. The lowest BCUT2D eigenvalue weighted by molar-refractivity contribution is 0.0950. The Morgan fingerprint density at radius 1 is 1.39 bits per heavy atom. The molecule has 1 saturated carbocycles. The normalized spacial score (nSPS) is 14.0. The van der Waals surface area contributed by atoms with Crippen molar-refractivity contribution in [1.29, 1.82) is 0 Å². The van der Waals surface area contributed by atoms with Crippen molar-refractivity contribution in [3.05, 3.63) is 51.7 Å². The summed E-state index contributed by atoms with van der Waals surface area (Å²) in [5, 5.41) is 7.06. The minimum absolute atomic E-state index is 0.173. The van der Waals surface area contributed by atoms with E-state index < -0.39 is 0 Å². The molecule has 2 heterocycles. The molecule has 1 aliphatic rings. The lowest BCUT2D eigenvalue weighted by Crippen LogP contribution is -2.34. The molecule has 0 unspecified atom stereocenters. The van der Waals surface area contributed by atoms with Gasteiger partial charge in [0, 0.05) is 31.5 Å². The van der Waals surface area contributed by atoms with Crippen LogP contribution in [0.15, 0.2) is 29.5 Å². The van der Waals surface area contributed by atoms with Gasteiger partial charge >= 0.3 is 0 Å². The largest absolute Gasteiger partial charge is 0.352 e. The van der Waals surface area contributed by atoms with Crippen molar-refractivity contribution >= 4 is 5.91 Å². The number of nitrogens with one attached hydrogen (secondary N) is 1. The fourth-order valence-electron chi connectivity index (χ4n) is 2.68. The molecule has 2 aromatic heterocycles. The average Bonchev–Trinajstić information content (AvgIpc) is 3.26. The number of nitrogens with zero attached hydrogens (tertiary/aromatic N) is 3. The predicted octanol–water partition coefficient (Wildman–Crippen LogP) is 1.82. The summed E-state index contributed by atoms with van der Waals surface area (Å²) < 4.78 is 3.55. The van der Waals surface area contributed by atoms with Crippen LogP contribution >= 0.6 is 0 Å². The van der Waals surface area contributed by atoms with Crippen molar-refractivity contribution in [2.75, 3.05) is 6.54 Å². The van der Waals surface area contributed by atoms with Crippen LogP contribution in [0.4, 0.5) is 0 Å². The van der Waals surface area contributed by atoms with Crippen molar-refractivity contribution in [3.63, 3.8) is 0 Å². The Kier molecular flexibility index (Phi) is 4.32. The van der Waals surface area contributed by atoms with Crippen LogP contribution in [0.3, 0.4) is 0 Å². The first-order valence-electron chi connectivity index (χ1n) is 8.05. The van der Waals surface area contributed by atoms with Crippen molar-refractivity contribution in [2.45, 2.75) is 45.7 Å². The predicted molar refractivity (Wildman–Crippen MR) is 87.6 cm³/mol. The third-order valence-corrected chi connectivity index (χ3v) is 4.11. The first kappa shape index (κ1) is 15.5. The van der Waals surface area contributed by atoms with Crippen LogP contribution in [0.1, 0.15) is 46.8 Å². The number of pyridine rings is 1. The Bertz CT molecular complexity index is 771. The highest BCUT2D eigenvalue weighted by atomic mass is 16.2. The van der Waals surface area contributed by atoms with E-state index in [2.05, 4.69) is 10.4 Å². The Hall–Kier alpha value is -2.37. The summed E-state index contributed by atoms with van der Waals surface area (Å²) in [6, 6.07) is 2.12. The summed E-state index contributed by atoms with van der Waals surface area (Å²) in [7, 11) is 0. The van der Waals surface area contributed by atoms with E-state index in [9.17, 15) is 9.59 Å². The Balaban J connectivity index is 1.60. The van der Waals surface area contributed by atoms with Gasteiger partial charge in [0.15, 0.2) is 0 Å². The first-order valence-corrected chi connectivity index (χ1v) is 8.05. The number of amides is 1. The minimum atomic E-state index is -0.279. The average molecular weight is 314 g/mol. The SMILES string of the molecule is Cc1cnn(CCCNC(=O)c2c(C)ccn(C3CC3)c2=O)c1. The number of carbonyl (C=O) groups excluding carboxylic acids is 1. The third-order valence-electron chi connectivity index (χ3n) is 4.11. The molecule has 23 heavy (non-hydrogen) atoms. The van der Waals surface area contributed by atoms with Gasteiger partial charge in [-0.25, -0.2) is 0 Å². The van der Waals surface area contributed by atoms with Crippen molar-refractivity contribution in [3.8, 4) is 0 Å². The van der Waals surface area contributed by atoms with E-state index in [0.29, 0.717) is 6.54 Å². The molecule has 2 aromatic rings. The number of aromatic nitrogens is 3. The van der Waals surface area contributed by atoms with Crippen LogP contribution in [-0.2, 0) is 6.54 Å². The summed E-state index contributed by atoms with van der Waals surface area (Å²) >= 11 is 0. The monoisotopic (exact) mass is 314 g/mol. The molecule has 0 aromatic carbocycles. The molecule has 0 aliphatic heterocycles. The number of hydrogen-bond donors (Lipinski definition) is 1. The highest BCUT2D eigenvalue weighted by Gasteiger charge is 2.26. The molecule has 0 spiro atoms. The smallest absolute Gasteiger partial charge is 0.263 e. The van der Waals surface area contributed by atoms with Gasteiger partial charge in [0.05, 0.1) is 6.20 Å². The van der Waals surface area contributed by atoms with Crippen molar-refractivity contribution < 1.29 is 4.79 Å². The maximum Gasteiger partial charge on any atom is 0.263 e. The molecule has 0 atom stereocenters. The lowest BCUT2D eigenvalue weighted by atomic mass is 10.1. The maximum atomic E-state index is 12.5. The molecule has 6 nitrogen and oxygen atoms in total. The molecular weight excluding hydrogens is 292 g/mol. The van der Waals surface area contributed by atoms with Crippen LogP contribution in [0, 0.1) is 13.8 Å². The van der Waals surface area contributed by atoms with Crippen LogP contribution in [0.25, 0.3) is 0 Å². The van der Waals surface area contributed by atoms with Gasteiger partial charge in [-0.15, -0.1) is 0 Å². The van der Waals surface area contributed by atoms with E-state index in [1.807, 2.05) is 30.1 Å². The summed E-state index contributed by atoms with van der Waals surface area (Å²) in [5.41, 5.74) is 1.95. The highest BCUT2D eigenvalue weighted by molar-refractivity contribution is 5.95. The molecule has 1 aliphatic carbocycles. The fraction of sp³-hybridized carbons (Fsp3) is 0.471. The quantitative estimate of drug-likeness (QED) is 0.827. The third kappa shape index (κ3) is 3.52. The standard InChI is InChI=1S/C17H22N4O2/c1-12-10-19-20(11-12)8-3-7-18-16(22)15-13(2)6-9-21(17(15)23)14-4-5-14/h6,9-11,14H,3-5,7-8H2,1-2H3,(H,18,22).